The van der Waals surface area contributed by atoms with Gasteiger partial charge in [-0.15, -0.1) is 34.8 Å². The van der Waals surface area contributed by atoms with Gasteiger partial charge in [0.15, 0.2) is 0 Å². The smallest absolute Gasteiger partial charge is 0.330 e. The zero-order valence-electron chi connectivity index (χ0n) is 79.0. The molecular formula is C88H182BrCl3N4O20S3. The zero-order valence-corrected chi connectivity index (χ0v) is 85.3. The molecule has 0 fully saturated rings. The number of carbonyl (C=O) groups excluding carboxylic acids is 6. The van der Waals surface area contributed by atoms with Crippen LogP contribution < -0.4 is 10.0 Å². The highest BCUT2D eigenvalue weighted by Crippen LogP contribution is 2.12. The number of carboxylic acids is 1. The van der Waals surface area contributed by atoms with E-state index in [1.807, 2.05) is 55.4 Å². The highest BCUT2D eigenvalue weighted by Gasteiger charge is 2.15. The summed E-state index contributed by atoms with van der Waals surface area (Å²) in [5.41, 5.74) is 0. The number of nitrogens with one attached hydrogen (secondary N) is 2. The SMILES string of the molecule is C=CC(=O)OCCCCC.CC(Cl)CCC(C)Br.CCCC(=O)OCCC(=O)CC.CCCC(=O)OCCCCOC(=O)CCCl.CCCCCCC(Cl)CO.CCCCCN(CC)CCCC.CCCCCNCCCC.CCCN(C)S(=O)(=O)CCC.CCCNS(=O)(=O)CCC.CCCOC(=O)CC.CCS(=O)(=O)CCCCC(=O)O. The lowest BCUT2D eigenvalue weighted by Gasteiger charge is -2.19. The molecule has 0 bridgehead atoms. The second-order valence-corrected chi connectivity index (χ2v) is 38.0. The van der Waals surface area contributed by atoms with Crippen molar-refractivity contribution >= 4 is 122 Å². The number of nitrogens with zero attached hydrogens (tertiary/aromatic N) is 2. The molecule has 0 rings (SSSR count). The number of unbranched alkanes of at least 4 members (excludes halogenated alkanes) is 13. The van der Waals surface area contributed by atoms with Gasteiger partial charge in [0, 0.05) is 86.6 Å². The van der Waals surface area contributed by atoms with Crippen LogP contribution in [-0.2, 0) is 87.1 Å². The highest BCUT2D eigenvalue weighted by molar-refractivity contribution is 9.09. The summed E-state index contributed by atoms with van der Waals surface area (Å²) in [5, 5.41) is 20.5. The Balaban J connectivity index is -0.000000120. The van der Waals surface area contributed by atoms with E-state index in [2.05, 4.69) is 92.8 Å². The highest BCUT2D eigenvalue weighted by atomic mass is 79.9. The van der Waals surface area contributed by atoms with E-state index in [-0.39, 0.29) is 96.0 Å². The molecule has 0 aromatic carbocycles. The van der Waals surface area contributed by atoms with Gasteiger partial charge in [-0.1, -0.05) is 224 Å². The van der Waals surface area contributed by atoms with Crippen molar-refractivity contribution in [3.8, 4) is 0 Å². The van der Waals surface area contributed by atoms with Gasteiger partial charge in [-0.05, 0) is 162 Å². The number of aliphatic carboxylic acids is 1. The molecule has 119 heavy (non-hydrogen) atoms. The molecule has 0 heterocycles. The first-order valence-electron chi connectivity index (χ1n) is 45.1. The van der Waals surface area contributed by atoms with Gasteiger partial charge in [0.05, 0.1) is 68.7 Å². The molecule has 0 saturated carbocycles. The van der Waals surface area contributed by atoms with Gasteiger partial charge in [0.2, 0.25) is 20.0 Å². The zero-order chi connectivity index (χ0) is 93.7. The number of rotatable bonds is 63. The van der Waals surface area contributed by atoms with Crippen molar-refractivity contribution in [3.05, 3.63) is 12.7 Å². The van der Waals surface area contributed by atoms with Crippen LogP contribution in [0.2, 0.25) is 0 Å². The molecule has 24 nitrogen and oxygen atoms in total. The number of sulfone groups is 1. The molecule has 0 aromatic heterocycles. The fourth-order valence-electron chi connectivity index (χ4n) is 8.51. The lowest BCUT2D eigenvalue weighted by Crippen LogP contribution is -2.29. The molecule has 0 aliphatic heterocycles. The third kappa shape index (κ3) is 144. The van der Waals surface area contributed by atoms with E-state index in [1.54, 1.807) is 27.8 Å². The van der Waals surface area contributed by atoms with Crippen LogP contribution in [0.25, 0.3) is 0 Å². The van der Waals surface area contributed by atoms with Crippen LogP contribution in [0.5, 0.6) is 0 Å². The number of alkyl halides is 4. The van der Waals surface area contributed by atoms with Crippen LogP contribution in [0, 0.1) is 0 Å². The first-order valence-corrected chi connectivity index (χ1v) is 52.6. The van der Waals surface area contributed by atoms with E-state index in [9.17, 15) is 58.8 Å². The fourth-order valence-corrected chi connectivity index (χ4v) is 12.6. The van der Waals surface area contributed by atoms with Crippen LogP contribution in [0.4, 0.5) is 0 Å². The predicted octanol–water partition coefficient (Wildman–Crippen LogP) is 21.3. The Morgan fingerprint density at radius 2 is 0.933 bits per heavy atom. The Morgan fingerprint density at radius 1 is 0.454 bits per heavy atom. The van der Waals surface area contributed by atoms with Crippen LogP contribution in [0.3, 0.4) is 0 Å². The molecule has 0 aliphatic rings. The van der Waals surface area contributed by atoms with E-state index >= 15 is 0 Å². The molecule has 31 heteroatoms. The predicted molar refractivity (Wildman–Crippen MR) is 507 cm³/mol. The Hall–Kier alpha value is -2.77. The molecule has 0 aromatic rings. The topological polar surface area (TPSA) is 339 Å². The molecule has 4 N–H and O–H groups in total. The molecule has 720 valence electrons. The standard InChI is InChI=1S/C11H19ClO4.C11H25N.C9H21N.C9H16O3.C8H17ClO.C8H14O2.C7H17NO2S.C7H14O4S.C6H12BrCl.C6H15NO2S.C6H12O2/c1-2-5-10(13)15-8-3-4-9-16-11(14)6-7-12;1-4-7-9-11-12(6-3)10-8-5-2;1-3-5-7-9-10-8-6-4-2;1-3-5-9(11)12-7-6-8(10)4-2;1-2-3-4-5-6-8(9)7-10;1-3-5-6-7-10-8(9)4-2;1-4-6-8(3)11(9,10)7-5-2;1-2-12(10,11)6-4-3-5-7(8)9;1-5(7)3-4-6(2)8;1-3-5-7-10(8,9)6-4-2;1-3-5-8-6(7)4-2/h2-9H2,1H3;4-11H2,1-3H3;10H,3-9H2,1-2H3;3-7H2,1-2H3;8,10H,2-7H2,1H3;4H,2-3,5-7H2,1H3;4-7H2,1-3H3;2-6H2,1H3,(H,8,9);5-6H,3-4H2,1-2H3;7H,3-6H2,1-2H3;3-5H2,1-2H3. The van der Waals surface area contributed by atoms with Gasteiger partial charge in [-0.25, -0.2) is 39.1 Å². The van der Waals surface area contributed by atoms with Crippen molar-refractivity contribution in [2.75, 3.05) is 121 Å². The number of Topliss-reactive ketones (excluding diaryl/α,β-unsaturated/α-hetero) is 1. The van der Waals surface area contributed by atoms with Gasteiger partial charge < -0.3 is 44.1 Å². The first-order chi connectivity index (χ1) is 56.4. The van der Waals surface area contributed by atoms with Gasteiger partial charge in [-0.2, -0.15) is 0 Å². The second-order valence-electron chi connectivity index (χ2n) is 28.1. The third-order valence-corrected chi connectivity index (χ3v) is 22.5. The number of aliphatic hydroxyl groups is 1. The molecule has 0 aliphatic carbocycles. The number of aliphatic hydroxyl groups excluding tert-OH is 1. The Kier molecular flexibility index (Phi) is 133. The number of hydrogen-bond donors (Lipinski definition) is 4. The normalized spacial score (nSPS) is 11.2. The summed E-state index contributed by atoms with van der Waals surface area (Å²) in [6, 6.07) is 0. The second kappa shape index (κ2) is 113. The number of carbonyl (C=O) groups is 7. The summed E-state index contributed by atoms with van der Waals surface area (Å²) < 4.78 is 94.0. The summed E-state index contributed by atoms with van der Waals surface area (Å²) in [7, 11) is -7.16. The Bertz CT molecular complexity index is 2480. The number of hydrogen-bond acceptors (Lipinski definition) is 21. The third-order valence-electron chi connectivity index (χ3n) is 15.8. The summed E-state index contributed by atoms with van der Waals surface area (Å²) >= 11 is 20.2. The average Bonchev–Trinajstić information content (AvgIpc) is 1.02. The minimum absolute atomic E-state index is 0.0168. The van der Waals surface area contributed by atoms with Crippen LogP contribution >= 0.6 is 50.7 Å². The summed E-state index contributed by atoms with van der Waals surface area (Å²) in [4.78, 5) is 77.4. The van der Waals surface area contributed by atoms with E-state index in [1.165, 1.54) is 133 Å². The van der Waals surface area contributed by atoms with Crippen molar-refractivity contribution in [3.63, 3.8) is 0 Å². The number of sulfonamides is 2. The maximum absolute atomic E-state index is 11.2. The van der Waals surface area contributed by atoms with Crippen molar-refractivity contribution in [1.29, 1.82) is 0 Å². The quantitative estimate of drug-likeness (QED) is 0.0144. The van der Waals surface area contributed by atoms with E-state index < -0.39 is 35.9 Å². The number of carboxylic acid groups (broad SMARTS) is 1. The number of halogens is 4. The average molecular weight is 1900 g/mol. The molecule has 0 spiro atoms. The lowest BCUT2D eigenvalue weighted by atomic mass is 10.1. The van der Waals surface area contributed by atoms with E-state index in [0.29, 0.717) is 120 Å². The summed E-state index contributed by atoms with van der Waals surface area (Å²) in [5.74, 6) is -0.770. The monoisotopic (exact) mass is 1900 g/mol. The minimum atomic E-state index is -2.94. The van der Waals surface area contributed by atoms with Crippen molar-refractivity contribution in [1.82, 2.24) is 19.2 Å². The summed E-state index contributed by atoms with van der Waals surface area (Å²) in [6.07, 6.45) is 36.5. The minimum Gasteiger partial charge on any atom is -0.481 e. The largest absolute Gasteiger partial charge is 0.481 e. The molecule has 0 radical (unpaired) electrons. The van der Waals surface area contributed by atoms with Crippen molar-refractivity contribution in [2.45, 2.75) is 391 Å². The maximum atomic E-state index is 11.2. The van der Waals surface area contributed by atoms with Gasteiger partial charge >= 0.3 is 35.8 Å². The molecule has 3 atom stereocenters. The van der Waals surface area contributed by atoms with Crippen LogP contribution in [0.1, 0.15) is 376 Å². The fraction of sp³-hybridized carbons (Fsp3) is 0.898. The van der Waals surface area contributed by atoms with Gasteiger partial charge in [0.1, 0.15) is 15.6 Å². The molecule has 0 amide bonds. The number of ketones is 1. The van der Waals surface area contributed by atoms with Gasteiger partial charge in [0.25, 0.3) is 0 Å². The summed E-state index contributed by atoms with van der Waals surface area (Å²) in [6.45, 7) is 51.3. The molecule has 3 unspecified atom stereocenters. The Morgan fingerprint density at radius 3 is 1.35 bits per heavy atom. The number of ether oxygens (including phenoxy) is 5. The van der Waals surface area contributed by atoms with Gasteiger partial charge in [-0.3, -0.25) is 28.8 Å². The van der Waals surface area contributed by atoms with Crippen LogP contribution in [0.15, 0.2) is 12.7 Å². The number of esters is 5. The van der Waals surface area contributed by atoms with Crippen molar-refractivity contribution in [2.24, 2.45) is 0 Å². The maximum Gasteiger partial charge on any atom is 0.330 e. The van der Waals surface area contributed by atoms with E-state index in [4.69, 9.17) is 68.7 Å². The molecular weight excluding hydrogens is 1720 g/mol. The first kappa shape index (κ1) is 139. The van der Waals surface area contributed by atoms with Crippen LogP contribution in [-0.4, -0.2) is 223 Å². The van der Waals surface area contributed by atoms with Crippen molar-refractivity contribution < 1.29 is 92.7 Å². The van der Waals surface area contributed by atoms with E-state index in [0.717, 1.165) is 70.6 Å². The lowest BCUT2D eigenvalue weighted by molar-refractivity contribution is -0.146. The molecule has 0 saturated heterocycles. The Labute approximate surface area is 754 Å².